The summed E-state index contributed by atoms with van der Waals surface area (Å²) in [7, 11) is 0. The van der Waals surface area contributed by atoms with Crippen molar-refractivity contribution in [2.75, 3.05) is 0 Å². The molecule has 1 aromatic carbocycles. The molecule has 0 saturated heterocycles. The third kappa shape index (κ3) is 7.96. The SMILES string of the molecule is CC(C)C[C@H](NC(=O)OC(C)(C)C)C(=O)NC(C(=O)O)C(O)c1ccccc1. The first kappa shape index (κ1) is 23.4. The van der Waals surface area contributed by atoms with Crippen LogP contribution in [0.3, 0.4) is 0 Å². The van der Waals surface area contributed by atoms with Gasteiger partial charge < -0.3 is 25.6 Å². The van der Waals surface area contributed by atoms with Crippen LogP contribution in [-0.4, -0.2) is 45.9 Å². The number of carboxylic acid groups (broad SMARTS) is 1. The first-order valence-electron chi connectivity index (χ1n) is 9.16. The van der Waals surface area contributed by atoms with Gasteiger partial charge in [-0.05, 0) is 38.7 Å². The second-order valence-electron chi connectivity index (χ2n) is 8.01. The van der Waals surface area contributed by atoms with Crippen LogP contribution in [0.15, 0.2) is 30.3 Å². The summed E-state index contributed by atoms with van der Waals surface area (Å²) in [6, 6.07) is 5.61. The Morgan fingerprint density at radius 3 is 2.11 bits per heavy atom. The Morgan fingerprint density at radius 2 is 1.64 bits per heavy atom. The largest absolute Gasteiger partial charge is 0.480 e. The van der Waals surface area contributed by atoms with Gasteiger partial charge in [0.05, 0.1) is 0 Å². The van der Waals surface area contributed by atoms with E-state index in [1.54, 1.807) is 51.1 Å². The minimum Gasteiger partial charge on any atom is -0.480 e. The molecule has 0 heterocycles. The van der Waals surface area contributed by atoms with Crippen molar-refractivity contribution in [2.45, 2.75) is 64.8 Å². The van der Waals surface area contributed by atoms with Crippen molar-refractivity contribution in [3.8, 4) is 0 Å². The van der Waals surface area contributed by atoms with Crippen molar-refractivity contribution in [1.29, 1.82) is 0 Å². The summed E-state index contributed by atoms with van der Waals surface area (Å²) in [5.41, 5.74) is -0.383. The molecule has 0 aromatic heterocycles. The van der Waals surface area contributed by atoms with E-state index in [-0.39, 0.29) is 12.3 Å². The number of ether oxygens (including phenoxy) is 1. The van der Waals surface area contributed by atoms with Gasteiger partial charge >= 0.3 is 12.1 Å². The summed E-state index contributed by atoms with van der Waals surface area (Å²) in [6.07, 6.45) is -1.94. The maximum absolute atomic E-state index is 12.7. The molecule has 156 valence electrons. The predicted molar refractivity (Wildman–Crippen MR) is 104 cm³/mol. The average molecular weight is 394 g/mol. The van der Waals surface area contributed by atoms with Gasteiger partial charge in [0.2, 0.25) is 5.91 Å². The number of carbonyl (C=O) groups excluding carboxylic acids is 2. The van der Waals surface area contributed by atoms with Crippen molar-refractivity contribution in [2.24, 2.45) is 5.92 Å². The first-order valence-corrected chi connectivity index (χ1v) is 9.16. The lowest BCUT2D eigenvalue weighted by atomic mass is 10.00. The summed E-state index contributed by atoms with van der Waals surface area (Å²) >= 11 is 0. The van der Waals surface area contributed by atoms with E-state index < -0.39 is 41.8 Å². The summed E-state index contributed by atoms with van der Waals surface area (Å²) in [4.78, 5) is 36.3. The molecule has 0 aliphatic heterocycles. The zero-order chi connectivity index (χ0) is 21.5. The maximum atomic E-state index is 12.7. The number of aliphatic carboxylic acids is 1. The van der Waals surface area contributed by atoms with Gasteiger partial charge in [0.25, 0.3) is 0 Å². The summed E-state index contributed by atoms with van der Waals surface area (Å²) in [5, 5.41) is 24.7. The molecule has 8 heteroatoms. The number of carbonyl (C=O) groups is 3. The van der Waals surface area contributed by atoms with E-state index in [1.807, 2.05) is 13.8 Å². The smallest absolute Gasteiger partial charge is 0.408 e. The molecule has 0 fully saturated rings. The second kappa shape index (κ2) is 10.1. The number of hydrogen-bond donors (Lipinski definition) is 4. The number of nitrogens with one attached hydrogen (secondary N) is 2. The Morgan fingerprint density at radius 1 is 1.07 bits per heavy atom. The van der Waals surface area contributed by atoms with Crippen LogP contribution in [0.25, 0.3) is 0 Å². The Balaban J connectivity index is 2.93. The molecule has 3 atom stereocenters. The Bertz CT molecular complexity index is 669. The first-order chi connectivity index (χ1) is 12.9. The van der Waals surface area contributed by atoms with E-state index in [2.05, 4.69) is 10.6 Å². The Kier molecular flexibility index (Phi) is 8.43. The molecule has 28 heavy (non-hydrogen) atoms. The number of alkyl carbamates (subject to hydrolysis) is 1. The van der Waals surface area contributed by atoms with Crippen LogP contribution in [-0.2, 0) is 14.3 Å². The van der Waals surface area contributed by atoms with Crippen LogP contribution in [0.4, 0.5) is 4.79 Å². The van der Waals surface area contributed by atoms with Gasteiger partial charge in [-0.15, -0.1) is 0 Å². The molecule has 0 saturated carbocycles. The van der Waals surface area contributed by atoms with E-state index in [0.717, 1.165) is 0 Å². The zero-order valence-corrected chi connectivity index (χ0v) is 16.9. The van der Waals surface area contributed by atoms with Crippen LogP contribution in [0.2, 0.25) is 0 Å². The van der Waals surface area contributed by atoms with Crippen molar-refractivity contribution >= 4 is 18.0 Å². The molecule has 0 spiro atoms. The third-order valence-electron chi connectivity index (χ3n) is 3.74. The molecular formula is C20H30N2O6. The lowest BCUT2D eigenvalue weighted by Gasteiger charge is -2.26. The van der Waals surface area contributed by atoms with E-state index in [0.29, 0.717) is 5.56 Å². The highest BCUT2D eigenvalue weighted by Gasteiger charge is 2.33. The fourth-order valence-electron chi connectivity index (χ4n) is 2.52. The molecule has 8 nitrogen and oxygen atoms in total. The van der Waals surface area contributed by atoms with Crippen LogP contribution < -0.4 is 10.6 Å². The second-order valence-corrected chi connectivity index (χ2v) is 8.01. The van der Waals surface area contributed by atoms with E-state index in [4.69, 9.17) is 4.74 Å². The highest BCUT2D eigenvalue weighted by molar-refractivity contribution is 5.89. The fourth-order valence-corrected chi connectivity index (χ4v) is 2.52. The van der Waals surface area contributed by atoms with Gasteiger partial charge in [-0.2, -0.15) is 0 Å². The lowest BCUT2D eigenvalue weighted by Crippen LogP contribution is -2.54. The van der Waals surface area contributed by atoms with Crippen molar-refractivity contribution in [3.63, 3.8) is 0 Å². The maximum Gasteiger partial charge on any atom is 0.408 e. The number of aliphatic hydroxyl groups is 1. The van der Waals surface area contributed by atoms with Crippen molar-refractivity contribution < 1.29 is 29.3 Å². The molecular weight excluding hydrogens is 364 g/mol. The molecule has 2 unspecified atom stereocenters. The predicted octanol–water partition coefficient (Wildman–Crippen LogP) is 2.23. The number of aliphatic hydroxyl groups excluding tert-OH is 1. The van der Waals surface area contributed by atoms with Gasteiger partial charge in [0, 0.05) is 0 Å². The molecule has 0 bridgehead atoms. The molecule has 2 amide bonds. The quantitative estimate of drug-likeness (QED) is 0.536. The normalized spacial score (nSPS) is 14.7. The van der Waals surface area contributed by atoms with Gasteiger partial charge in [-0.1, -0.05) is 44.2 Å². The number of benzene rings is 1. The van der Waals surface area contributed by atoms with Crippen molar-refractivity contribution in [1.82, 2.24) is 10.6 Å². The van der Waals surface area contributed by atoms with E-state index >= 15 is 0 Å². The van der Waals surface area contributed by atoms with Crippen LogP contribution >= 0.6 is 0 Å². The summed E-state index contributed by atoms with van der Waals surface area (Å²) in [5.74, 6) is -2.04. The standard InChI is InChI=1S/C20H30N2O6/c1-12(2)11-14(21-19(27)28-20(3,4)5)17(24)22-15(18(25)26)16(23)13-9-7-6-8-10-13/h6-10,12,14-16,23H,11H2,1-5H3,(H,21,27)(H,22,24)(H,25,26)/t14-,15?,16?/m0/s1. The number of carboxylic acids is 1. The van der Waals surface area contributed by atoms with Gasteiger partial charge in [0.1, 0.15) is 17.7 Å². The van der Waals surface area contributed by atoms with E-state index in [1.165, 1.54) is 0 Å². The van der Waals surface area contributed by atoms with Crippen LogP contribution in [0.1, 0.15) is 52.7 Å². The molecule has 4 N–H and O–H groups in total. The monoisotopic (exact) mass is 394 g/mol. The third-order valence-corrected chi connectivity index (χ3v) is 3.74. The van der Waals surface area contributed by atoms with Crippen molar-refractivity contribution in [3.05, 3.63) is 35.9 Å². The van der Waals surface area contributed by atoms with Gasteiger partial charge in [-0.25, -0.2) is 9.59 Å². The number of rotatable bonds is 8. The average Bonchev–Trinajstić information content (AvgIpc) is 2.56. The van der Waals surface area contributed by atoms with Crippen LogP contribution in [0.5, 0.6) is 0 Å². The highest BCUT2D eigenvalue weighted by atomic mass is 16.6. The summed E-state index contributed by atoms with van der Waals surface area (Å²) in [6.45, 7) is 8.82. The highest BCUT2D eigenvalue weighted by Crippen LogP contribution is 2.17. The topological polar surface area (TPSA) is 125 Å². The molecule has 0 radical (unpaired) electrons. The lowest BCUT2D eigenvalue weighted by molar-refractivity contribution is -0.145. The van der Waals surface area contributed by atoms with Gasteiger partial charge in [0.15, 0.2) is 6.04 Å². The fraction of sp³-hybridized carbons (Fsp3) is 0.550. The molecule has 0 aliphatic carbocycles. The molecule has 1 rings (SSSR count). The number of hydrogen-bond acceptors (Lipinski definition) is 5. The summed E-state index contributed by atoms with van der Waals surface area (Å²) < 4.78 is 5.17. The minimum absolute atomic E-state index is 0.0491. The minimum atomic E-state index is -1.56. The Labute approximate surface area is 165 Å². The van der Waals surface area contributed by atoms with E-state index in [9.17, 15) is 24.6 Å². The zero-order valence-electron chi connectivity index (χ0n) is 16.9. The van der Waals surface area contributed by atoms with Gasteiger partial charge in [-0.3, -0.25) is 4.79 Å². The number of amides is 2. The molecule has 1 aromatic rings. The Hall–Kier alpha value is -2.61. The van der Waals surface area contributed by atoms with Crippen LogP contribution in [0, 0.1) is 5.92 Å². The molecule has 0 aliphatic rings.